The van der Waals surface area contributed by atoms with Crippen molar-refractivity contribution in [2.45, 2.75) is 4.90 Å². The van der Waals surface area contributed by atoms with Crippen molar-refractivity contribution < 1.29 is 14.3 Å². The van der Waals surface area contributed by atoms with E-state index < -0.39 is 5.97 Å². The predicted octanol–water partition coefficient (Wildman–Crippen LogP) is 2.14. The van der Waals surface area contributed by atoms with Crippen LogP contribution in [0.15, 0.2) is 35.2 Å². The highest BCUT2D eigenvalue weighted by molar-refractivity contribution is 7.99. The fraction of sp³-hybridized carbons (Fsp3) is 0.100. The molecule has 0 bridgehead atoms. The van der Waals surface area contributed by atoms with Crippen molar-refractivity contribution in [1.82, 2.24) is 0 Å². The highest BCUT2D eigenvalue weighted by atomic mass is 32.2. The Kier molecular flexibility index (Phi) is 4.17. The smallest absolute Gasteiger partial charge is 0.328 e. The normalized spacial score (nSPS) is 10.7. The minimum atomic E-state index is -0.997. The van der Waals surface area contributed by atoms with E-state index in [1.54, 1.807) is 0 Å². The number of benzene rings is 1. The van der Waals surface area contributed by atoms with Crippen LogP contribution in [-0.4, -0.2) is 16.8 Å². The molecular weight excluding hydrogens is 217 g/mol. The summed E-state index contributed by atoms with van der Waals surface area (Å²) in [5.74, 6) is -0.906. The molecule has 3 nitrogen and oxygen atoms in total. The van der Waals surface area contributed by atoms with Crippen LogP contribution in [0.5, 0.6) is 0 Å². The topological polar surface area (TPSA) is 63.3 Å². The van der Waals surface area contributed by atoms with Crippen molar-refractivity contribution in [3.8, 4) is 0 Å². The van der Waals surface area contributed by atoms with Crippen molar-refractivity contribution in [2.24, 2.45) is 0 Å². The zero-order valence-corrected chi connectivity index (χ0v) is 8.63. The van der Waals surface area contributed by atoms with Crippen molar-refractivity contribution >= 4 is 23.4 Å². The van der Waals surface area contributed by atoms with Crippen LogP contribution in [0.2, 0.25) is 0 Å². The number of carboxylic acid groups (broad SMARTS) is 1. The summed E-state index contributed by atoms with van der Waals surface area (Å²) >= 11 is 1.29. The zero-order chi connectivity index (χ0) is 11.3. The summed E-state index contributed by atoms with van der Waals surface area (Å²) in [6.45, 7) is 0. The molecule has 0 unspecified atom stereocenters. The molecule has 5 heteroatoms. The summed E-state index contributed by atoms with van der Waals surface area (Å²) in [5, 5.41) is 8.33. The highest BCUT2D eigenvalue weighted by Crippen LogP contribution is 2.25. The maximum Gasteiger partial charge on any atom is 0.328 e. The first kappa shape index (κ1) is 11.6. The molecule has 1 aromatic rings. The lowest BCUT2D eigenvalue weighted by Gasteiger charge is -2.02. The minimum Gasteiger partial charge on any atom is -0.478 e. The van der Waals surface area contributed by atoms with Gasteiger partial charge < -0.3 is 10.8 Å². The number of carbonyl (C=O) groups is 1. The summed E-state index contributed by atoms with van der Waals surface area (Å²) in [5.41, 5.74) is 6.09. The predicted molar refractivity (Wildman–Crippen MR) is 58.3 cm³/mol. The van der Waals surface area contributed by atoms with Gasteiger partial charge in [0.1, 0.15) is 5.82 Å². The number of halogens is 1. The lowest BCUT2D eigenvalue weighted by Crippen LogP contribution is -1.90. The first-order valence-corrected chi connectivity index (χ1v) is 5.15. The molecule has 0 atom stereocenters. The Labute approximate surface area is 90.8 Å². The Balaban J connectivity index is 2.57. The van der Waals surface area contributed by atoms with Gasteiger partial charge in [0.2, 0.25) is 0 Å². The number of rotatable bonds is 4. The zero-order valence-electron chi connectivity index (χ0n) is 7.81. The Bertz CT molecular complexity index is 393. The number of anilines is 1. The van der Waals surface area contributed by atoms with Gasteiger partial charge in [-0.1, -0.05) is 6.08 Å². The third-order valence-electron chi connectivity index (χ3n) is 1.57. The van der Waals surface area contributed by atoms with Gasteiger partial charge in [0.25, 0.3) is 0 Å². The van der Waals surface area contributed by atoms with Crippen LogP contribution in [0.25, 0.3) is 0 Å². The molecular formula is C10H10FNO2S. The molecule has 0 spiro atoms. The number of aliphatic carboxylic acids is 1. The SMILES string of the molecule is Nc1ccc(F)cc1SC/C=C/C(=O)O. The second-order valence-corrected chi connectivity index (χ2v) is 3.80. The molecule has 0 amide bonds. The second-order valence-electron chi connectivity index (χ2n) is 2.73. The van der Waals surface area contributed by atoms with Gasteiger partial charge in [-0.15, -0.1) is 11.8 Å². The van der Waals surface area contributed by atoms with E-state index in [4.69, 9.17) is 10.8 Å². The van der Waals surface area contributed by atoms with Crippen LogP contribution in [0, 0.1) is 5.82 Å². The van der Waals surface area contributed by atoms with Crippen molar-refractivity contribution in [2.75, 3.05) is 11.5 Å². The lowest BCUT2D eigenvalue weighted by atomic mass is 10.3. The molecule has 0 aromatic heterocycles. The summed E-state index contributed by atoms with van der Waals surface area (Å²) < 4.78 is 12.8. The molecule has 0 aliphatic carbocycles. The summed E-state index contributed by atoms with van der Waals surface area (Å²) in [6.07, 6.45) is 2.53. The summed E-state index contributed by atoms with van der Waals surface area (Å²) in [7, 11) is 0. The van der Waals surface area contributed by atoms with E-state index in [9.17, 15) is 9.18 Å². The van der Waals surface area contributed by atoms with Gasteiger partial charge in [-0.2, -0.15) is 0 Å². The van der Waals surface area contributed by atoms with E-state index in [0.717, 1.165) is 6.08 Å². The van der Waals surface area contributed by atoms with Crippen LogP contribution in [0.4, 0.5) is 10.1 Å². The van der Waals surface area contributed by atoms with Gasteiger partial charge in [-0.25, -0.2) is 9.18 Å². The molecule has 0 saturated heterocycles. The van der Waals surface area contributed by atoms with Crippen LogP contribution in [0.1, 0.15) is 0 Å². The number of nitrogens with two attached hydrogens (primary N) is 1. The minimum absolute atomic E-state index is 0.353. The van der Waals surface area contributed by atoms with Crippen molar-refractivity contribution in [1.29, 1.82) is 0 Å². The van der Waals surface area contributed by atoms with Gasteiger partial charge in [-0.3, -0.25) is 0 Å². The summed E-state index contributed by atoms with van der Waals surface area (Å²) in [6, 6.07) is 4.10. The molecule has 0 aliphatic rings. The Morgan fingerprint density at radius 1 is 1.60 bits per heavy atom. The largest absolute Gasteiger partial charge is 0.478 e. The molecule has 0 heterocycles. The molecule has 3 N–H and O–H groups in total. The Morgan fingerprint density at radius 3 is 3.00 bits per heavy atom. The van der Waals surface area contributed by atoms with Gasteiger partial charge in [0, 0.05) is 22.4 Å². The van der Waals surface area contributed by atoms with Gasteiger partial charge in [0.05, 0.1) is 0 Å². The van der Waals surface area contributed by atoms with E-state index in [1.807, 2.05) is 0 Å². The Morgan fingerprint density at radius 2 is 2.33 bits per heavy atom. The van der Waals surface area contributed by atoms with E-state index in [-0.39, 0.29) is 5.82 Å². The lowest BCUT2D eigenvalue weighted by molar-refractivity contribution is -0.131. The fourth-order valence-corrected chi connectivity index (χ4v) is 1.72. The first-order chi connectivity index (χ1) is 7.09. The van der Waals surface area contributed by atoms with Crippen molar-refractivity contribution in [3.63, 3.8) is 0 Å². The van der Waals surface area contributed by atoms with E-state index in [0.29, 0.717) is 16.3 Å². The molecule has 0 aliphatic heterocycles. The van der Waals surface area contributed by atoms with E-state index >= 15 is 0 Å². The monoisotopic (exact) mass is 227 g/mol. The fourth-order valence-electron chi connectivity index (χ4n) is 0.920. The molecule has 0 saturated carbocycles. The maximum absolute atomic E-state index is 12.8. The van der Waals surface area contributed by atoms with Gasteiger partial charge >= 0.3 is 5.97 Å². The third-order valence-corrected chi connectivity index (χ3v) is 2.59. The molecule has 1 aromatic carbocycles. The summed E-state index contributed by atoms with van der Waals surface area (Å²) in [4.78, 5) is 10.8. The van der Waals surface area contributed by atoms with Gasteiger partial charge in [-0.05, 0) is 18.2 Å². The molecule has 0 radical (unpaired) electrons. The highest BCUT2D eigenvalue weighted by Gasteiger charge is 2.00. The number of thioether (sulfide) groups is 1. The van der Waals surface area contributed by atoms with Crippen molar-refractivity contribution in [3.05, 3.63) is 36.2 Å². The maximum atomic E-state index is 12.8. The number of nitrogen functional groups attached to an aromatic ring is 1. The van der Waals surface area contributed by atoms with Crippen LogP contribution < -0.4 is 5.73 Å². The quantitative estimate of drug-likeness (QED) is 0.470. The van der Waals surface area contributed by atoms with Gasteiger partial charge in [0.15, 0.2) is 0 Å². The average Bonchev–Trinajstić information content (AvgIpc) is 2.17. The number of carboxylic acids is 1. The Hall–Kier alpha value is -1.49. The first-order valence-electron chi connectivity index (χ1n) is 4.17. The van der Waals surface area contributed by atoms with Crippen LogP contribution in [-0.2, 0) is 4.79 Å². The average molecular weight is 227 g/mol. The standard InChI is InChI=1S/C10H10FNO2S/c11-7-3-4-8(12)9(6-7)15-5-1-2-10(13)14/h1-4,6H,5,12H2,(H,13,14)/b2-1+. The number of hydrogen-bond acceptors (Lipinski definition) is 3. The third kappa shape index (κ3) is 4.03. The molecule has 0 fully saturated rings. The number of hydrogen-bond donors (Lipinski definition) is 2. The molecule has 1 rings (SSSR count). The van der Waals surface area contributed by atoms with E-state index in [2.05, 4.69) is 0 Å². The van der Waals surface area contributed by atoms with E-state index in [1.165, 1.54) is 36.0 Å². The van der Waals surface area contributed by atoms with Crippen LogP contribution >= 0.6 is 11.8 Å². The molecule has 80 valence electrons. The van der Waals surface area contributed by atoms with Crippen LogP contribution in [0.3, 0.4) is 0 Å². The second kappa shape index (κ2) is 5.41. The molecule has 15 heavy (non-hydrogen) atoms.